The zero-order valence-corrected chi connectivity index (χ0v) is 17.4. The maximum atomic E-state index is 12.2. The first-order valence-corrected chi connectivity index (χ1v) is 10.3. The molecule has 4 rings (SSSR count). The van der Waals surface area contributed by atoms with Crippen LogP contribution in [-0.2, 0) is 16.0 Å². The van der Waals surface area contributed by atoms with Crippen molar-refractivity contribution in [2.75, 3.05) is 27.4 Å². The summed E-state index contributed by atoms with van der Waals surface area (Å²) in [5.41, 5.74) is 3.39. The van der Waals surface area contributed by atoms with Crippen molar-refractivity contribution >= 4 is 11.8 Å². The van der Waals surface area contributed by atoms with Crippen LogP contribution in [0.4, 0.5) is 0 Å². The van der Waals surface area contributed by atoms with Crippen LogP contribution >= 0.6 is 0 Å². The van der Waals surface area contributed by atoms with Crippen molar-refractivity contribution in [1.82, 2.24) is 0 Å². The van der Waals surface area contributed by atoms with Crippen LogP contribution in [0.5, 0.6) is 17.2 Å². The smallest absolute Gasteiger partial charge is 0.344 e. The number of Topliss-reactive ketones (excluding diaryl/α,β-unsaturated/α-hetero) is 1. The third kappa shape index (κ3) is 3.86. The fourth-order valence-electron chi connectivity index (χ4n) is 4.04. The summed E-state index contributed by atoms with van der Waals surface area (Å²) in [6, 6.07) is 9.35. The zero-order chi connectivity index (χ0) is 21.1. The lowest BCUT2D eigenvalue weighted by Gasteiger charge is -2.24. The van der Waals surface area contributed by atoms with Crippen LogP contribution in [-0.4, -0.2) is 39.2 Å². The van der Waals surface area contributed by atoms with Crippen molar-refractivity contribution in [2.45, 2.75) is 32.1 Å². The van der Waals surface area contributed by atoms with Crippen LogP contribution in [0.3, 0.4) is 0 Å². The molecule has 6 nitrogen and oxygen atoms in total. The number of carbonyl (C=O) groups is 2. The van der Waals surface area contributed by atoms with Gasteiger partial charge in [0.05, 0.1) is 20.8 Å². The highest BCUT2D eigenvalue weighted by molar-refractivity contribution is 6.02. The second-order valence-electron chi connectivity index (χ2n) is 7.70. The highest BCUT2D eigenvalue weighted by atomic mass is 16.6. The molecule has 0 atom stereocenters. The quantitative estimate of drug-likeness (QED) is 0.607. The molecule has 0 bridgehead atoms. The van der Waals surface area contributed by atoms with E-state index in [0.29, 0.717) is 42.6 Å². The molecule has 1 saturated carbocycles. The SMILES string of the molecule is COc1ccc(-c2cccc3c2CCC3=O)c(OCC(=O)OCC2CCC2)c1OC. The van der Waals surface area contributed by atoms with Gasteiger partial charge in [-0.25, -0.2) is 4.79 Å². The summed E-state index contributed by atoms with van der Waals surface area (Å²) in [5.74, 6) is 1.53. The molecule has 2 aromatic rings. The highest BCUT2D eigenvalue weighted by Gasteiger charge is 2.26. The molecule has 0 aliphatic heterocycles. The molecule has 2 aliphatic rings. The second-order valence-corrected chi connectivity index (χ2v) is 7.70. The number of methoxy groups -OCH3 is 2. The van der Waals surface area contributed by atoms with Gasteiger partial charge in [0.2, 0.25) is 5.75 Å². The van der Waals surface area contributed by atoms with Gasteiger partial charge in [-0.05, 0) is 48.4 Å². The molecule has 6 heteroatoms. The van der Waals surface area contributed by atoms with Crippen molar-refractivity contribution in [2.24, 2.45) is 5.92 Å². The summed E-state index contributed by atoms with van der Waals surface area (Å²) in [7, 11) is 3.08. The van der Waals surface area contributed by atoms with E-state index in [2.05, 4.69) is 0 Å². The topological polar surface area (TPSA) is 71.1 Å². The Morgan fingerprint density at radius 1 is 0.967 bits per heavy atom. The van der Waals surface area contributed by atoms with Gasteiger partial charge in [0.25, 0.3) is 0 Å². The lowest BCUT2D eigenvalue weighted by molar-refractivity contribution is -0.148. The van der Waals surface area contributed by atoms with Crippen molar-refractivity contribution in [3.8, 4) is 28.4 Å². The third-order valence-corrected chi connectivity index (χ3v) is 5.91. The van der Waals surface area contributed by atoms with Gasteiger partial charge in [0.1, 0.15) is 0 Å². The van der Waals surface area contributed by atoms with Gasteiger partial charge in [-0.3, -0.25) is 4.79 Å². The lowest BCUT2D eigenvalue weighted by atomic mass is 9.86. The summed E-state index contributed by atoms with van der Waals surface area (Å²) in [5, 5.41) is 0. The fourth-order valence-corrected chi connectivity index (χ4v) is 4.04. The molecule has 158 valence electrons. The van der Waals surface area contributed by atoms with Gasteiger partial charge >= 0.3 is 5.97 Å². The first-order chi connectivity index (χ1) is 14.6. The normalized spacial score (nSPS) is 15.3. The predicted octanol–water partition coefficient (Wildman–Crippen LogP) is 4.22. The van der Waals surface area contributed by atoms with E-state index in [1.807, 2.05) is 24.3 Å². The minimum atomic E-state index is -0.411. The van der Waals surface area contributed by atoms with Gasteiger partial charge in [0.15, 0.2) is 23.9 Å². The van der Waals surface area contributed by atoms with Crippen LogP contribution in [0, 0.1) is 5.92 Å². The molecule has 0 spiro atoms. The first-order valence-electron chi connectivity index (χ1n) is 10.3. The minimum Gasteiger partial charge on any atom is -0.493 e. The van der Waals surface area contributed by atoms with Crippen LogP contribution in [0.15, 0.2) is 30.3 Å². The average Bonchev–Trinajstić information content (AvgIpc) is 3.11. The molecule has 0 N–H and O–H groups in total. The molecule has 30 heavy (non-hydrogen) atoms. The summed E-state index contributed by atoms with van der Waals surface area (Å²) in [6.07, 6.45) is 4.61. The number of ether oxygens (including phenoxy) is 4. The van der Waals surface area contributed by atoms with Gasteiger partial charge in [-0.15, -0.1) is 0 Å². The Labute approximate surface area is 176 Å². The monoisotopic (exact) mass is 410 g/mol. The number of hydrogen-bond acceptors (Lipinski definition) is 6. The average molecular weight is 410 g/mol. The largest absolute Gasteiger partial charge is 0.493 e. The van der Waals surface area contributed by atoms with E-state index in [0.717, 1.165) is 35.1 Å². The van der Waals surface area contributed by atoms with Crippen molar-refractivity contribution < 1.29 is 28.5 Å². The Hall–Kier alpha value is -3.02. The van der Waals surface area contributed by atoms with Crippen molar-refractivity contribution in [3.05, 3.63) is 41.5 Å². The number of ketones is 1. The van der Waals surface area contributed by atoms with Gasteiger partial charge in [-0.1, -0.05) is 24.6 Å². The Kier molecular flexibility index (Phi) is 5.93. The number of esters is 1. The van der Waals surface area contributed by atoms with Gasteiger partial charge in [-0.2, -0.15) is 0 Å². The van der Waals surface area contributed by atoms with Crippen LogP contribution in [0.2, 0.25) is 0 Å². The molecule has 0 unspecified atom stereocenters. The van der Waals surface area contributed by atoms with Crippen molar-refractivity contribution in [3.63, 3.8) is 0 Å². The van der Waals surface area contributed by atoms with E-state index in [9.17, 15) is 9.59 Å². The summed E-state index contributed by atoms with van der Waals surface area (Å²) < 4.78 is 22.2. The number of benzene rings is 2. The Morgan fingerprint density at radius 3 is 2.47 bits per heavy atom. The standard InChI is InChI=1S/C24H26O6/c1-27-21-12-10-19(16-7-4-8-18-17(16)9-11-20(18)25)23(24(21)28-2)30-14-22(26)29-13-15-5-3-6-15/h4,7-8,10,12,15H,3,5-6,9,11,13-14H2,1-2H3. The van der Waals surface area contributed by atoms with E-state index in [-0.39, 0.29) is 12.4 Å². The Balaban J connectivity index is 1.64. The number of hydrogen-bond donors (Lipinski definition) is 0. The summed E-state index contributed by atoms with van der Waals surface area (Å²) in [4.78, 5) is 24.4. The number of fused-ring (bicyclic) bond motifs is 1. The molecule has 2 aliphatic carbocycles. The van der Waals surface area contributed by atoms with Crippen molar-refractivity contribution in [1.29, 1.82) is 0 Å². The van der Waals surface area contributed by atoms with E-state index < -0.39 is 5.97 Å². The lowest BCUT2D eigenvalue weighted by Crippen LogP contribution is -2.23. The number of rotatable bonds is 8. The fraction of sp³-hybridized carbons (Fsp3) is 0.417. The van der Waals surface area contributed by atoms with E-state index >= 15 is 0 Å². The molecule has 2 aromatic carbocycles. The Morgan fingerprint density at radius 2 is 1.77 bits per heavy atom. The molecule has 0 radical (unpaired) electrons. The predicted molar refractivity (Wildman–Crippen MR) is 111 cm³/mol. The second kappa shape index (κ2) is 8.78. The molecule has 0 aromatic heterocycles. The minimum absolute atomic E-state index is 0.148. The van der Waals surface area contributed by atoms with Crippen LogP contribution < -0.4 is 14.2 Å². The molecule has 0 saturated heterocycles. The third-order valence-electron chi connectivity index (χ3n) is 5.91. The molecular formula is C24H26O6. The molecule has 0 amide bonds. The van der Waals surface area contributed by atoms with Crippen LogP contribution in [0.1, 0.15) is 41.6 Å². The van der Waals surface area contributed by atoms with E-state index in [4.69, 9.17) is 18.9 Å². The molecule has 0 heterocycles. The maximum absolute atomic E-state index is 12.2. The highest BCUT2D eigenvalue weighted by Crippen LogP contribution is 2.46. The zero-order valence-electron chi connectivity index (χ0n) is 17.4. The summed E-state index contributed by atoms with van der Waals surface area (Å²) >= 11 is 0. The Bertz CT molecular complexity index is 960. The number of carbonyl (C=O) groups excluding carboxylic acids is 2. The maximum Gasteiger partial charge on any atom is 0.344 e. The van der Waals surface area contributed by atoms with Crippen LogP contribution in [0.25, 0.3) is 11.1 Å². The van der Waals surface area contributed by atoms with Gasteiger partial charge < -0.3 is 18.9 Å². The molecule has 1 fully saturated rings. The first kappa shape index (κ1) is 20.3. The van der Waals surface area contributed by atoms with Gasteiger partial charge in [0, 0.05) is 17.5 Å². The van der Waals surface area contributed by atoms with E-state index in [1.54, 1.807) is 13.2 Å². The van der Waals surface area contributed by atoms with E-state index in [1.165, 1.54) is 13.5 Å². The summed E-state index contributed by atoms with van der Waals surface area (Å²) in [6.45, 7) is 0.218. The molecular weight excluding hydrogens is 384 g/mol.